The number of halogens is 3. The van der Waals surface area contributed by atoms with Crippen LogP contribution in [0.3, 0.4) is 0 Å². The second kappa shape index (κ2) is 10.5. The number of hydrogen-bond donors (Lipinski definition) is 1. The van der Waals surface area contributed by atoms with Crippen LogP contribution in [0.2, 0.25) is 5.02 Å². The first kappa shape index (κ1) is 23.6. The first-order valence-electron chi connectivity index (χ1n) is 9.87. The van der Waals surface area contributed by atoms with Gasteiger partial charge in [-0.05, 0) is 57.4 Å². The van der Waals surface area contributed by atoms with Gasteiger partial charge in [0, 0.05) is 27.7 Å². The summed E-state index contributed by atoms with van der Waals surface area (Å²) in [5.74, 6) is -1.07. The Labute approximate surface area is 197 Å². The van der Waals surface area contributed by atoms with Crippen molar-refractivity contribution < 1.29 is 9.18 Å². The highest BCUT2D eigenvalue weighted by Gasteiger charge is 2.22. The van der Waals surface area contributed by atoms with Crippen LogP contribution in [0, 0.1) is 5.82 Å². The second-order valence-corrected chi connectivity index (χ2v) is 7.81. The van der Waals surface area contributed by atoms with E-state index in [2.05, 4.69) is 25.9 Å². The van der Waals surface area contributed by atoms with E-state index in [-0.39, 0.29) is 10.0 Å². The van der Waals surface area contributed by atoms with Gasteiger partial charge in [-0.25, -0.2) is 4.39 Å². The molecule has 0 aliphatic rings. The highest BCUT2D eigenvalue weighted by molar-refractivity contribution is 9.12. The predicted molar refractivity (Wildman–Crippen MR) is 132 cm³/mol. The van der Waals surface area contributed by atoms with Crippen molar-refractivity contribution in [2.24, 2.45) is 0 Å². The third kappa shape index (κ3) is 5.03. The summed E-state index contributed by atoms with van der Waals surface area (Å²) < 4.78 is 13.5. The van der Waals surface area contributed by atoms with E-state index in [0.29, 0.717) is 32.6 Å². The molecular weight excluding hydrogens is 495 g/mol. The van der Waals surface area contributed by atoms with Crippen LogP contribution < -0.4 is 5.56 Å². The fraction of sp³-hybridized carbons (Fsp3) is 0.0800. The summed E-state index contributed by atoms with van der Waals surface area (Å²) in [5.41, 5.74) is 1.56. The third-order valence-corrected chi connectivity index (χ3v) is 5.33. The second-order valence-electron chi connectivity index (χ2n) is 6.52. The lowest BCUT2D eigenvalue weighted by atomic mass is 9.94. The van der Waals surface area contributed by atoms with E-state index in [1.807, 2.05) is 44.2 Å². The van der Waals surface area contributed by atoms with E-state index < -0.39 is 17.2 Å². The van der Waals surface area contributed by atoms with E-state index in [4.69, 9.17) is 11.6 Å². The number of hydrogen-bond acceptors (Lipinski definition) is 3. The van der Waals surface area contributed by atoms with Gasteiger partial charge in [-0.1, -0.05) is 55.8 Å². The van der Waals surface area contributed by atoms with Crippen molar-refractivity contribution in [3.8, 4) is 11.1 Å². The smallest absolute Gasteiger partial charge is 0.260 e. The van der Waals surface area contributed by atoms with Gasteiger partial charge in [-0.15, -0.1) is 0 Å². The molecule has 0 spiro atoms. The normalized spacial score (nSPS) is 11.1. The number of aromatic nitrogens is 2. The Morgan fingerprint density at radius 2 is 1.81 bits per heavy atom. The summed E-state index contributed by atoms with van der Waals surface area (Å²) in [5, 5.41) is 1.12. The van der Waals surface area contributed by atoms with Gasteiger partial charge in [0.15, 0.2) is 0 Å². The maximum atomic E-state index is 13.4. The average molecular weight is 514 g/mol. The number of Topliss-reactive ketones (excluding diaryl/α,β-unsaturated/α-hetero) is 1. The number of carbonyl (C=O) groups excluding carboxylic acids is 1. The molecule has 32 heavy (non-hydrogen) atoms. The van der Waals surface area contributed by atoms with Gasteiger partial charge in [-0.2, -0.15) is 0 Å². The molecule has 4 rings (SSSR count). The number of rotatable bonds is 4. The number of ketones is 1. The molecule has 0 aliphatic heterocycles. The summed E-state index contributed by atoms with van der Waals surface area (Å²) in [6.45, 7) is 4.00. The lowest BCUT2D eigenvalue weighted by Gasteiger charge is -2.12. The predicted octanol–water partition coefficient (Wildman–Crippen LogP) is 7.03. The molecule has 0 saturated heterocycles. The molecule has 0 radical (unpaired) electrons. The van der Waals surface area contributed by atoms with E-state index in [9.17, 15) is 14.0 Å². The Bertz CT molecular complexity index is 1370. The minimum absolute atomic E-state index is 0.0385. The van der Waals surface area contributed by atoms with E-state index in [1.54, 1.807) is 18.2 Å². The van der Waals surface area contributed by atoms with Crippen LogP contribution in [0.25, 0.3) is 28.1 Å². The zero-order chi connectivity index (χ0) is 23.3. The van der Waals surface area contributed by atoms with E-state index >= 15 is 0 Å². The molecule has 7 heteroatoms. The topological polar surface area (TPSA) is 62.8 Å². The number of nitrogens with one attached hydrogen (secondary N) is 1. The molecule has 2 aromatic carbocycles. The molecule has 0 fully saturated rings. The van der Waals surface area contributed by atoms with Gasteiger partial charge in [-0.3, -0.25) is 14.6 Å². The number of aromatic amines is 1. The van der Waals surface area contributed by atoms with Crippen molar-refractivity contribution >= 4 is 50.3 Å². The Morgan fingerprint density at radius 3 is 2.50 bits per heavy atom. The first-order chi connectivity index (χ1) is 15.4. The van der Waals surface area contributed by atoms with Crippen LogP contribution in [-0.2, 0) is 0 Å². The van der Waals surface area contributed by atoms with Gasteiger partial charge in [0.05, 0.1) is 16.2 Å². The number of carbonyl (C=O) groups is 1. The summed E-state index contributed by atoms with van der Waals surface area (Å²) in [6.07, 6.45) is 3.91. The highest BCUT2D eigenvalue weighted by atomic mass is 79.9. The van der Waals surface area contributed by atoms with Crippen molar-refractivity contribution in [1.29, 1.82) is 0 Å². The third-order valence-electron chi connectivity index (χ3n) is 4.50. The van der Waals surface area contributed by atoms with Gasteiger partial charge in [0.25, 0.3) is 5.56 Å². The molecule has 162 valence electrons. The fourth-order valence-corrected chi connectivity index (χ4v) is 3.86. The van der Waals surface area contributed by atoms with Crippen LogP contribution in [0.4, 0.5) is 4.39 Å². The zero-order valence-corrected chi connectivity index (χ0v) is 19.7. The Balaban J connectivity index is 0.00000141. The number of nitrogens with zero attached hydrogens (tertiary/aromatic N) is 1. The summed E-state index contributed by atoms with van der Waals surface area (Å²) >= 11 is 9.44. The summed E-state index contributed by atoms with van der Waals surface area (Å²) in [6, 6.07) is 15.4. The Kier molecular flexibility index (Phi) is 7.72. The molecule has 4 aromatic rings. The molecule has 0 atom stereocenters. The lowest BCUT2D eigenvalue weighted by molar-refractivity contribution is 0.104. The van der Waals surface area contributed by atoms with Gasteiger partial charge >= 0.3 is 0 Å². The molecule has 1 N–H and O–H groups in total. The van der Waals surface area contributed by atoms with Crippen molar-refractivity contribution in [1.82, 2.24) is 9.97 Å². The minimum Gasteiger partial charge on any atom is -0.321 e. The van der Waals surface area contributed by atoms with Crippen LogP contribution in [0.1, 0.15) is 29.8 Å². The van der Waals surface area contributed by atoms with Crippen LogP contribution in [-0.4, -0.2) is 15.8 Å². The Morgan fingerprint density at radius 1 is 1.09 bits per heavy atom. The van der Waals surface area contributed by atoms with Crippen molar-refractivity contribution in [3.63, 3.8) is 0 Å². The van der Waals surface area contributed by atoms with E-state index in [1.165, 1.54) is 18.3 Å². The van der Waals surface area contributed by atoms with Crippen molar-refractivity contribution in [2.45, 2.75) is 13.8 Å². The maximum absolute atomic E-state index is 13.4. The molecule has 0 bridgehead atoms. The molecule has 2 heterocycles. The summed E-state index contributed by atoms with van der Waals surface area (Å²) in [7, 11) is 0. The number of pyridine rings is 2. The van der Waals surface area contributed by atoms with Crippen LogP contribution >= 0.6 is 27.5 Å². The number of fused-ring (bicyclic) bond motifs is 1. The first-order valence-corrected chi connectivity index (χ1v) is 11.0. The monoisotopic (exact) mass is 512 g/mol. The average Bonchev–Trinajstić information content (AvgIpc) is 2.80. The molecule has 0 unspecified atom stereocenters. The standard InChI is InChI=1S/C23H13BrClFN2O2.C2H6/c24-18(9-13-8-16(26)12-27-11-13)22(29)21-20(14-4-2-1-3-5-14)17-10-15(25)6-7-19(17)28-23(21)30;1-2/h1-12H,(H,28,30);1-2H3/b18-9+;. The van der Waals surface area contributed by atoms with E-state index in [0.717, 1.165) is 6.20 Å². The molecule has 0 amide bonds. The fourth-order valence-electron chi connectivity index (χ4n) is 3.23. The van der Waals surface area contributed by atoms with Crippen molar-refractivity contribution in [3.05, 3.63) is 104 Å². The number of benzene rings is 2. The highest BCUT2D eigenvalue weighted by Crippen LogP contribution is 2.33. The van der Waals surface area contributed by atoms with Gasteiger partial charge in [0.2, 0.25) is 5.78 Å². The van der Waals surface area contributed by atoms with Gasteiger partial charge < -0.3 is 4.98 Å². The molecule has 0 aliphatic carbocycles. The Hall–Kier alpha value is -3.09. The quantitative estimate of drug-likeness (QED) is 0.235. The zero-order valence-electron chi connectivity index (χ0n) is 17.3. The van der Waals surface area contributed by atoms with Crippen LogP contribution in [0.5, 0.6) is 0 Å². The molecule has 2 aromatic heterocycles. The molecular formula is C25H19BrClFN2O2. The minimum atomic E-state index is -0.541. The van der Waals surface area contributed by atoms with Crippen LogP contribution in [0.15, 0.2) is 76.3 Å². The maximum Gasteiger partial charge on any atom is 0.260 e. The molecule has 4 nitrogen and oxygen atoms in total. The number of allylic oxidation sites excluding steroid dienone is 1. The summed E-state index contributed by atoms with van der Waals surface area (Å²) in [4.78, 5) is 32.7. The van der Waals surface area contributed by atoms with Crippen molar-refractivity contribution in [2.75, 3.05) is 0 Å². The van der Waals surface area contributed by atoms with Gasteiger partial charge in [0.1, 0.15) is 5.82 Å². The largest absolute Gasteiger partial charge is 0.321 e. The lowest BCUT2D eigenvalue weighted by Crippen LogP contribution is -2.20. The molecule has 0 saturated carbocycles. The number of H-pyrrole nitrogens is 1. The SMILES string of the molecule is CC.O=C(/C(Br)=C\c1cncc(F)c1)c1c(-c2ccccc2)c2cc(Cl)ccc2[nH]c1=O.